The molecule has 2 N–H and O–H groups in total. The van der Waals surface area contributed by atoms with Crippen LogP contribution in [0.3, 0.4) is 0 Å². The molecule has 1 fully saturated rings. The van der Waals surface area contributed by atoms with E-state index < -0.39 is 65.7 Å². The van der Waals surface area contributed by atoms with E-state index in [1.807, 2.05) is 6.92 Å². The summed E-state index contributed by atoms with van der Waals surface area (Å²) in [5.41, 5.74) is 1.69. The first kappa shape index (κ1) is 33.0. The van der Waals surface area contributed by atoms with Crippen LogP contribution in [0.15, 0.2) is 72.8 Å². The number of hydrogen-bond acceptors (Lipinski definition) is 4. The number of rotatable bonds is 12. The third kappa shape index (κ3) is 8.00. The molecule has 8 nitrogen and oxygen atoms in total. The third-order valence-corrected chi connectivity index (χ3v) is 8.99. The number of morpholine rings is 1. The Balaban J connectivity index is 1.79. The van der Waals surface area contributed by atoms with Gasteiger partial charge in [-0.25, -0.2) is 8.60 Å². The van der Waals surface area contributed by atoms with Crippen molar-refractivity contribution in [1.29, 1.82) is 0 Å². The van der Waals surface area contributed by atoms with E-state index in [1.54, 1.807) is 78.6 Å². The molecular weight excluding hydrogens is 618 g/mol. The quantitative estimate of drug-likeness (QED) is 0.218. The van der Waals surface area contributed by atoms with Crippen LogP contribution in [-0.2, 0) is 32.0 Å². The first-order valence-corrected chi connectivity index (χ1v) is 15.6. The molecule has 1 saturated heterocycles. The van der Waals surface area contributed by atoms with Gasteiger partial charge in [0.15, 0.2) is 0 Å². The number of nitrogens with zero attached hydrogens (tertiary/aromatic N) is 2. The number of ether oxygens (including phenoxy) is 1. The number of halogens is 3. The van der Waals surface area contributed by atoms with E-state index in [2.05, 4.69) is 0 Å². The number of benzene rings is 3. The monoisotopic (exact) mass is 650 g/mol. The molecule has 0 spiro atoms. The predicted molar refractivity (Wildman–Crippen MR) is 163 cm³/mol. The fraction of sp³-hybridized carbons (Fsp3) is 0.355. The summed E-state index contributed by atoms with van der Waals surface area (Å²) in [6.07, 6.45) is -2.20. The lowest BCUT2D eigenvalue weighted by Crippen LogP contribution is -2.58. The zero-order chi connectivity index (χ0) is 31.3. The number of carboxylic acids is 1. The second-order valence-electron chi connectivity index (χ2n) is 10.5. The Morgan fingerprint density at radius 2 is 1.77 bits per heavy atom. The zero-order valence-electron chi connectivity index (χ0n) is 23.6. The highest BCUT2D eigenvalue weighted by Gasteiger charge is 2.47. The molecule has 0 bridgehead atoms. The van der Waals surface area contributed by atoms with Gasteiger partial charge in [-0.2, -0.15) is 4.31 Å². The minimum absolute atomic E-state index is 0.0485. The lowest BCUT2D eigenvalue weighted by molar-refractivity contribution is -0.184. The molecule has 4 rings (SSSR count). The Labute approximate surface area is 262 Å². The third-order valence-electron chi connectivity index (χ3n) is 7.60. The number of carbonyl (C=O) groups is 2. The van der Waals surface area contributed by atoms with Crippen LogP contribution in [0.1, 0.15) is 55.5 Å². The van der Waals surface area contributed by atoms with Gasteiger partial charge in [-0.1, -0.05) is 72.6 Å². The van der Waals surface area contributed by atoms with Gasteiger partial charge in [0.25, 0.3) is 5.91 Å². The maximum absolute atomic E-state index is 14.4. The van der Waals surface area contributed by atoms with E-state index >= 15 is 0 Å². The van der Waals surface area contributed by atoms with Crippen molar-refractivity contribution in [2.75, 3.05) is 6.54 Å². The molecular formula is C31H33Cl2FN2O6S. The van der Waals surface area contributed by atoms with E-state index in [1.165, 1.54) is 10.4 Å². The molecule has 0 aromatic heterocycles. The molecule has 3 aromatic carbocycles. The summed E-state index contributed by atoms with van der Waals surface area (Å²) in [4.78, 5) is 27.5. The number of amides is 1. The largest absolute Gasteiger partial charge is 0.481 e. The van der Waals surface area contributed by atoms with Crippen molar-refractivity contribution in [2.24, 2.45) is 0 Å². The molecule has 0 radical (unpaired) electrons. The number of carboxylic acid groups (broad SMARTS) is 1. The molecule has 230 valence electrons. The normalized spacial score (nSPS) is 21.0. The average molecular weight is 652 g/mol. The molecule has 1 amide bonds. The highest BCUT2D eigenvalue weighted by atomic mass is 35.5. The van der Waals surface area contributed by atoms with Crippen molar-refractivity contribution in [1.82, 2.24) is 9.21 Å². The van der Waals surface area contributed by atoms with Crippen molar-refractivity contribution in [3.63, 3.8) is 0 Å². The second-order valence-corrected chi connectivity index (χ2v) is 12.3. The van der Waals surface area contributed by atoms with Gasteiger partial charge in [-0.15, -0.1) is 0 Å². The SMILES string of the molecule is CCC(CN([C@@H](C)Cc1ccccc1F)S(=O)O)N1C(=O)[C@H](CC(=O)O)O[C@H](c2cccc(Cl)c2)[C@H]1c1ccc(Cl)cc1. The summed E-state index contributed by atoms with van der Waals surface area (Å²) in [6.45, 7) is 3.51. The van der Waals surface area contributed by atoms with Crippen LogP contribution in [0.25, 0.3) is 0 Å². The lowest BCUT2D eigenvalue weighted by atomic mass is 9.89. The summed E-state index contributed by atoms with van der Waals surface area (Å²) >= 11 is 10.1. The summed E-state index contributed by atoms with van der Waals surface area (Å²) in [6, 6.07) is 18.1. The smallest absolute Gasteiger partial charge is 0.306 e. The molecule has 43 heavy (non-hydrogen) atoms. The van der Waals surface area contributed by atoms with Crippen LogP contribution in [-0.4, -0.2) is 59.7 Å². The Bertz CT molecular complexity index is 1460. The Hall–Kier alpha value is -2.86. The molecule has 1 heterocycles. The maximum Gasteiger partial charge on any atom is 0.306 e. The molecule has 0 aliphatic carbocycles. The molecule has 0 saturated carbocycles. The number of hydrogen-bond donors (Lipinski definition) is 2. The number of carbonyl (C=O) groups excluding carboxylic acids is 1. The van der Waals surface area contributed by atoms with Crippen molar-refractivity contribution >= 4 is 46.3 Å². The van der Waals surface area contributed by atoms with E-state index in [4.69, 9.17) is 27.9 Å². The molecule has 6 atom stereocenters. The summed E-state index contributed by atoms with van der Waals surface area (Å²) < 4.78 is 45.0. The first-order chi connectivity index (χ1) is 20.5. The lowest BCUT2D eigenvalue weighted by Gasteiger charge is -2.48. The van der Waals surface area contributed by atoms with Crippen molar-refractivity contribution in [2.45, 2.75) is 63.4 Å². The molecule has 3 aromatic rings. The molecule has 12 heteroatoms. The van der Waals surface area contributed by atoms with E-state index in [-0.39, 0.29) is 13.0 Å². The standard InChI is InChI=1S/C31H33Cl2FN2O6S/c1-3-25(18-35(43(40)41)19(2)15-21-7-4-5-10-26(21)34)36-29(20-11-13-23(32)14-12-20)30(22-8-6-9-24(33)16-22)42-27(31(36)39)17-28(37)38/h4-14,16,19,25,27,29-30H,3,15,17-18H2,1-2H3,(H,37,38)(H,40,41)/t19-,25?,27-,29+,30+/m0/s1. The maximum atomic E-state index is 14.4. The molecule has 1 aliphatic heterocycles. The average Bonchev–Trinajstić information content (AvgIpc) is 2.96. The number of aliphatic carboxylic acids is 1. The van der Waals surface area contributed by atoms with Gasteiger partial charge in [0.2, 0.25) is 11.3 Å². The van der Waals surface area contributed by atoms with Gasteiger partial charge < -0.3 is 14.7 Å². The minimum atomic E-state index is -2.46. The molecule has 2 unspecified atom stereocenters. The predicted octanol–water partition coefficient (Wildman–Crippen LogP) is 6.47. The van der Waals surface area contributed by atoms with Crippen LogP contribution in [0, 0.1) is 5.82 Å². The molecule has 1 aliphatic rings. The first-order valence-electron chi connectivity index (χ1n) is 13.8. The van der Waals surface area contributed by atoms with Gasteiger partial charge in [-0.3, -0.25) is 14.1 Å². The van der Waals surface area contributed by atoms with E-state index in [0.29, 0.717) is 33.2 Å². The van der Waals surface area contributed by atoms with Crippen molar-refractivity contribution < 1.29 is 32.6 Å². The second kappa shape index (κ2) is 14.7. The van der Waals surface area contributed by atoms with Crippen LogP contribution in [0.4, 0.5) is 4.39 Å². The van der Waals surface area contributed by atoms with Crippen molar-refractivity contribution in [3.8, 4) is 0 Å². The van der Waals surface area contributed by atoms with Gasteiger partial charge in [0.1, 0.15) is 18.0 Å². The van der Waals surface area contributed by atoms with Crippen LogP contribution < -0.4 is 0 Å². The van der Waals surface area contributed by atoms with Crippen LogP contribution in [0.2, 0.25) is 10.0 Å². The van der Waals surface area contributed by atoms with Gasteiger partial charge >= 0.3 is 5.97 Å². The highest BCUT2D eigenvalue weighted by Crippen LogP contribution is 2.44. The Morgan fingerprint density at radius 3 is 2.37 bits per heavy atom. The Kier molecular flexibility index (Phi) is 11.3. The van der Waals surface area contributed by atoms with Crippen LogP contribution in [0.5, 0.6) is 0 Å². The Morgan fingerprint density at radius 1 is 1.07 bits per heavy atom. The summed E-state index contributed by atoms with van der Waals surface area (Å²) in [5.74, 6) is -2.19. The van der Waals surface area contributed by atoms with Crippen LogP contribution >= 0.6 is 23.2 Å². The fourth-order valence-electron chi connectivity index (χ4n) is 5.50. The van der Waals surface area contributed by atoms with Crippen molar-refractivity contribution in [3.05, 3.63) is 105 Å². The van der Waals surface area contributed by atoms with Gasteiger partial charge in [-0.05, 0) is 66.8 Å². The van der Waals surface area contributed by atoms with E-state index in [9.17, 15) is 27.8 Å². The summed E-state index contributed by atoms with van der Waals surface area (Å²) in [5, 5.41) is 10.6. The zero-order valence-corrected chi connectivity index (χ0v) is 25.9. The summed E-state index contributed by atoms with van der Waals surface area (Å²) in [7, 11) is 0. The van der Waals surface area contributed by atoms with E-state index in [0.717, 1.165) is 0 Å². The topological polar surface area (TPSA) is 107 Å². The highest BCUT2D eigenvalue weighted by molar-refractivity contribution is 7.76. The fourth-order valence-corrected chi connectivity index (χ4v) is 6.51. The minimum Gasteiger partial charge on any atom is -0.481 e. The van der Waals surface area contributed by atoms with Gasteiger partial charge in [0.05, 0.1) is 12.5 Å². The van der Waals surface area contributed by atoms with Gasteiger partial charge in [0, 0.05) is 28.7 Å².